The molecule has 1 saturated heterocycles. The zero-order valence-corrected chi connectivity index (χ0v) is 19.3. The number of anilines is 1. The summed E-state index contributed by atoms with van der Waals surface area (Å²) in [7, 11) is 2.94. The summed E-state index contributed by atoms with van der Waals surface area (Å²) in [4.78, 5) is 27.7. The van der Waals surface area contributed by atoms with Gasteiger partial charge in [0.15, 0.2) is 0 Å². The summed E-state index contributed by atoms with van der Waals surface area (Å²) < 4.78 is 16.4. The third-order valence-electron chi connectivity index (χ3n) is 5.57. The van der Waals surface area contributed by atoms with Crippen LogP contribution in [0.4, 0.5) is 5.69 Å². The maximum atomic E-state index is 13.2. The third-order valence-corrected chi connectivity index (χ3v) is 5.98. The lowest BCUT2D eigenvalue weighted by Gasteiger charge is -2.24. The highest BCUT2D eigenvalue weighted by molar-refractivity contribution is 6.51. The minimum absolute atomic E-state index is 0.116. The number of carbonyl (C=O) groups is 2. The van der Waals surface area contributed by atoms with E-state index < -0.39 is 17.7 Å². The number of amides is 1. The highest BCUT2D eigenvalue weighted by Gasteiger charge is 2.48. The van der Waals surface area contributed by atoms with Gasteiger partial charge in [-0.15, -0.1) is 0 Å². The van der Waals surface area contributed by atoms with Crippen LogP contribution in [0.2, 0.25) is 5.02 Å². The second-order valence-electron chi connectivity index (χ2n) is 7.62. The van der Waals surface area contributed by atoms with E-state index in [2.05, 4.69) is 0 Å². The molecule has 2 aromatic carbocycles. The molecular weight excluding hydrogens is 446 g/mol. The molecule has 2 heterocycles. The van der Waals surface area contributed by atoms with Crippen LogP contribution in [-0.2, 0) is 9.59 Å². The van der Waals surface area contributed by atoms with Crippen LogP contribution < -0.4 is 14.4 Å². The lowest BCUT2D eigenvalue weighted by molar-refractivity contribution is -0.132. The van der Waals surface area contributed by atoms with Gasteiger partial charge in [-0.05, 0) is 55.8 Å². The Hall–Kier alpha value is -3.71. The van der Waals surface area contributed by atoms with Gasteiger partial charge in [0.1, 0.15) is 34.8 Å². The molecule has 170 valence electrons. The fraction of sp³-hybridized carbons (Fsp3) is 0.200. The quantitative estimate of drug-likeness (QED) is 0.315. The highest BCUT2D eigenvalue weighted by atomic mass is 35.5. The van der Waals surface area contributed by atoms with E-state index >= 15 is 0 Å². The van der Waals surface area contributed by atoms with Crippen LogP contribution in [0.15, 0.2) is 58.5 Å². The largest absolute Gasteiger partial charge is 0.507 e. The Balaban J connectivity index is 1.96. The van der Waals surface area contributed by atoms with Gasteiger partial charge in [0, 0.05) is 16.8 Å². The topological polar surface area (TPSA) is 89.2 Å². The fourth-order valence-electron chi connectivity index (χ4n) is 3.84. The summed E-state index contributed by atoms with van der Waals surface area (Å²) in [6, 6.07) is 12.2. The van der Waals surface area contributed by atoms with Crippen molar-refractivity contribution in [3.05, 3.63) is 81.8 Å². The standard InChI is InChI=1S/C25H22ClNO6/c1-13-5-7-15(11-18(13)26)27-22(19-10-6-14(2)33-19)21(24(29)25(27)30)23(28)17-9-8-16(31-3)12-20(17)32-4/h5-12,22,28H,1-4H3/b23-21-. The lowest BCUT2D eigenvalue weighted by Crippen LogP contribution is -2.29. The van der Waals surface area contributed by atoms with Crippen molar-refractivity contribution in [3.63, 3.8) is 0 Å². The molecule has 7 nitrogen and oxygen atoms in total. The number of rotatable bonds is 5. The van der Waals surface area contributed by atoms with Gasteiger partial charge in [0.05, 0.1) is 25.4 Å². The molecule has 8 heteroatoms. The molecule has 1 fully saturated rings. The predicted octanol–water partition coefficient (Wildman–Crippen LogP) is 5.19. The zero-order valence-electron chi connectivity index (χ0n) is 18.5. The van der Waals surface area contributed by atoms with E-state index in [9.17, 15) is 14.7 Å². The van der Waals surface area contributed by atoms with Gasteiger partial charge >= 0.3 is 0 Å². The van der Waals surface area contributed by atoms with E-state index in [1.807, 2.05) is 6.92 Å². The van der Waals surface area contributed by atoms with Crippen LogP contribution >= 0.6 is 11.6 Å². The molecule has 0 saturated carbocycles. The van der Waals surface area contributed by atoms with E-state index in [1.165, 1.54) is 19.1 Å². The Morgan fingerprint density at radius 1 is 1.03 bits per heavy atom. The second-order valence-corrected chi connectivity index (χ2v) is 8.02. The number of ether oxygens (including phenoxy) is 2. The maximum absolute atomic E-state index is 13.2. The number of furan rings is 1. The minimum atomic E-state index is -0.996. The second kappa shape index (κ2) is 8.67. The molecule has 1 aliphatic rings. The van der Waals surface area contributed by atoms with E-state index in [-0.39, 0.29) is 22.6 Å². The van der Waals surface area contributed by atoms with Crippen molar-refractivity contribution in [2.45, 2.75) is 19.9 Å². The number of hydrogen-bond donors (Lipinski definition) is 1. The molecular formula is C25H22ClNO6. The number of halogens is 1. The molecule has 0 aliphatic carbocycles. The van der Waals surface area contributed by atoms with Crippen molar-refractivity contribution in [2.75, 3.05) is 19.1 Å². The number of Topliss-reactive ketones (excluding diaryl/α,β-unsaturated/α-hetero) is 1. The number of benzene rings is 2. The van der Waals surface area contributed by atoms with Gasteiger partial charge in [-0.3, -0.25) is 14.5 Å². The highest BCUT2D eigenvalue weighted by Crippen LogP contribution is 2.44. The van der Waals surface area contributed by atoms with E-state index in [1.54, 1.807) is 55.5 Å². The van der Waals surface area contributed by atoms with Gasteiger partial charge in [-0.1, -0.05) is 17.7 Å². The summed E-state index contributed by atoms with van der Waals surface area (Å²) in [6.07, 6.45) is 0. The average molecular weight is 468 g/mol. The first-order valence-electron chi connectivity index (χ1n) is 10.1. The van der Waals surface area contributed by atoms with Crippen molar-refractivity contribution in [1.82, 2.24) is 0 Å². The summed E-state index contributed by atoms with van der Waals surface area (Å²) in [5.74, 6) is -0.309. The van der Waals surface area contributed by atoms with Crippen molar-refractivity contribution >= 4 is 34.7 Å². The number of ketones is 1. The SMILES string of the molecule is COc1ccc(/C(O)=C2/C(=O)C(=O)N(c3ccc(C)c(Cl)c3)C2c2ccc(C)o2)c(OC)c1. The zero-order chi connectivity index (χ0) is 23.9. The van der Waals surface area contributed by atoms with Crippen LogP contribution in [0.5, 0.6) is 11.5 Å². The summed E-state index contributed by atoms with van der Waals surface area (Å²) in [5, 5.41) is 11.7. The molecule has 33 heavy (non-hydrogen) atoms. The van der Waals surface area contributed by atoms with E-state index in [0.29, 0.717) is 28.0 Å². The molecule has 0 radical (unpaired) electrons. The van der Waals surface area contributed by atoms with Crippen LogP contribution in [0.3, 0.4) is 0 Å². The maximum Gasteiger partial charge on any atom is 0.300 e. The Labute approximate surface area is 195 Å². The van der Waals surface area contributed by atoms with Gasteiger partial charge < -0.3 is 19.0 Å². The number of hydrogen-bond acceptors (Lipinski definition) is 6. The van der Waals surface area contributed by atoms with Crippen LogP contribution in [0, 0.1) is 13.8 Å². The van der Waals surface area contributed by atoms with Crippen LogP contribution in [0.25, 0.3) is 5.76 Å². The Morgan fingerprint density at radius 2 is 1.79 bits per heavy atom. The number of aliphatic hydroxyl groups is 1. The van der Waals surface area contributed by atoms with Crippen molar-refractivity contribution < 1.29 is 28.6 Å². The predicted molar refractivity (Wildman–Crippen MR) is 124 cm³/mol. The first-order valence-corrected chi connectivity index (χ1v) is 10.5. The molecule has 3 aromatic rings. The molecule has 4 rings (SSSR count). The monoisotopic (exact) mass is 467 g/mol. The summed E-state index contributed by atoms with van der Waals surface area (Å²) >= 11 is 6.30. The number of carbonyl (C=O) groups excluding carboxylic acids is 2. The van der Waals surface area contributed by atoms with Crippen molar-refractivity contribution in [1.29, 1.82) is 0 Å². The molecule has 0 bridgehead atoms. The molecule has 1 aromatic heterocycles. The molecule has 1 N–H and O–H groups in total. The normalized spacial score (nSPS) is 17.5. The molecule has 1 unspecified atom stereocenters. The number of nitrogens with zero attached hydrogens (tertiary/aromatic N) is 1. The van der Waals surface area contributed by atoms with Crippen molar-refractivity contribution in [2.24, 2.45) is 0 Å². The lowest BCUT2D eigenvalue weighted by atomic mass is 9.98. The Kier molecular flexibility index (Phi) is 5.91. The number of aryl methyl sites for hydroxylation is 2. The van der Waals surface area contributed by atoms with Gasteiger partial charge in [-0.25, -0.2) is 0 Å². The minimum Gasteiger partial charge on any atom is -0.507 e. The number of methoxy groups -OCH3 is 2. The molecule has 0 spiro atoms. The van der Waals surface area contributed by atoms with Gasteiger partial charge in [0.25, 0.3) is 11.7 Å². The first-order chi connectivity index (χ1) is 15.8. The smallest absolute Gasteiger partial charge is 0.300 e. The third kappa shape index (κ3) is 3.85. The van der Waals surface area contributed by atoms with Crippen LogP contribution in [0.1, 0.15) is 28.7 Å². The van der Waals surface area contributed by atoms with E-state index in [0.717, 1.165) is 5.56 Å². The first kappa shape index (κ1) is 22.5. The molecule has 1 amide bonds. The molecule has 1 atom stereocenters. The summed E-state index contributed by atoms with van der Waals surface area (Å²) in [6.45, 7) is 3.59. The van der Waals surface area contributed by atoms with E-state index in [4.69, 9.17) is 25.5 Å². The summed E-state index contributed by atoms with van der Waals surface area (Å²) in [5.41, 5.74) is 1.36. The van der Waals surface area contributed by atoms with Crippen LogP contribution in [-0.4, -0.2) is 31.0 Å². The Bertz CT molecular complexity index is 1290. The number of aliphatic hydroxyl groups excluding tert-OH is 1. The average Bonchev–Trinajstić information content (AvgIpc) is 3.35. The van der Waals surface area contributed by atoms with Gasteiger partial charge in [-0.2, -0.15) is 0 Å². The Morgan fingerprint density at radius 3 is 2.39 bits per heavy atom. The fourth-order valence-corrected chi connectivity index (χ4v) is 4.01. The molecule has 1 aliphatic heterocycles. The van der Waals surface area contributed by atoms with Gasteiger partial charge in [0.2, 0.25) is 0 Å². The van der Waals surface area contributed by atoms with Crippen molar-refractivity contribution in [3.8, 4) is 11.5 Å².